The molecular formula is C24H26N4O. The van der Waals surface area contributed by atoms with Gasteiger partial charge in [0.1, 0.15) is 17.1 Å². The summed E-state index contributed by atoms with van der Waals surface area (Å²) in [6.45, 7) is 5.12. The molecule has 0 amide bonds. The molecule has 2 N–H and O–H groups in total. The van der Waals surface area contributed by atoms with Crippen molar-refractivity contribution in [1.82, 2.24) is 19.9 Å². The SMILES string of the molecule is Cc1nc2ccccc2c2c1nc(-c1ccccc1O)n2CCC1CCNCC1. The first kappa shape index (κ1) is 18.1. The molecule has 0 spiro atoms. The lowest BCUT2D eigenvalue weighted by molar-refractivity contribution is 0.340. The van der Waals surface area contributed by atoms with Crippen molar-refractivity contribution in [2.45, 2.75) is 32.7 Å². The van der Waals surface area contributed by atoms with E-state index in [0.717, 1.165) is 71.0 Å². The second-order valence-electron chi connectivity index (χ2n) is 8.00. The van der Waals surface area contributed by atoms with Gasteiger partial charge >= 0.3 is 0 Å². The van der Waals surface area contributed by atoms with Crippen LogP contribution in [-0.4, -0.2) is 32.7 Å². The number of aromatic nitrogens is 3. The fourth-order valence-corrected chi connectivity index (χ4v) is 4.55. The van der Waals surface area contributed by atoms with Crippen LogP contribution in [0.15, 0.2) is 48.5 Å². The van der Waals surface area contributed by atoms with E-state index in [1.54, 1.807) is 6.07 Å². The summed E-state index contributed by atoms with van der Waals surface area (Å²) in [5.74, 6) is 1.81. The zero-order chi connectivity index (χ0) is 19.8. The zero-order valence-electron chi connectivity index (χ0n) is 16.7. The average molecular weight is 386 g/mol. The van der Waals surface area contributed by atoms with Crippen molar-refractivity contribution in [3.8, 4) is 17.1 Å². The summed E-state index contributed by atoms with van der Waals surface area (Å²) in [5, 5.41) is 15.1. The average Bonchev–Trinajstić information content (AvgIpc) is 3.14. The van der Waals surface area contributed by atoms with Crippen molar-refractivity contribution in [2.75, 3.05) is 13.1 Å². The van der Waals surface area contributed by atoms with Gasteiger partial charge in [-0.25, -0.2) is 4.98 Å². The van der Waals surface area contributed by atoms with E-state index in [1.807, 2.05) is 31.2 Å². The smallest absolute Gasteiger partial charge is 0.144 e. The third-order valence-electron chi connectivity index (χ3n) is 6.12. The van der Waals surface area contributed by atoms with E-state index in [0.29, 0.717) is 0 Å². The third kappa shape index (κ3) is 3.25. The van der Waals surface area contributed by atoms with Crippen LogP contribution in [0, 0.1) is 12.8 Å². The summed E-state index contributed by atoms with van der Waals surface area (Å²) < 4.78 is 2.31. The Balaban J connectivity index is 1.71. The maximum Gasteiger partial charge on any atom is 0.144 e. The molecule has 2 aromatic carbocycles. The Morgan fingerprint density at radius 2 is 1.79 bits per heavy atom. The van der Waals surface area contributed by atoms with Crippen LogP contribution < -0.4 is 5.32 Å². The number of phenolic OH excluding ortho intramolecular Hbond substituents is 1. The maximum absolute atomic E-state index is 10.5. The van der Waals surface area contributed by atoms with Gasteiger partial charge in [-0.1, -0.05) is 30.3 Å². The summed E-state index contributed by atoms with van der Waals surface area (Å²) in [7, 11) is 0. The van der Waals surface area contributed by atoms with Gasteiger partial charge in [0.15, 0.2) is 0 Å². The molecule has 5 rings (SSSR count). The molecule has 2 aromatic heterocycles. The lowest BCUT2D eigenvalue weighted by Gasteiger charge is -2.23. The van der Waals surface area contributed by atoms with E-state index in [4.69, 9.17) is 9.97 Å². The van der Waals surface area contributed by atoms with Crippen LogP contribution in [0.4, 0.5) is 0 Å². The molecule has 1 fully saturated rings. The van der Waals surface area contributed by atoms with Crippen molar-refractivity contribution in [3.05, 3.63) is 54.2 Å². The molecule has 4 aromatic rings. The summed E-state index contributed by atoms with van der Waals surface area (Å²) in [6.07, 6.45) is 3.56. The number of benzene rings is 2. The Hall–Kier alpha value is -2.92. The van der Waals surface area contributed by atoms with Crippen molar-refractivity contribution >= 4 is 21.9 Å². The van der Waals surface area contributed by atoms with Crippen LogP contribution in [0.25, 0.3) is 33.3 Å². The number of nitrogens with zero attached hydrogens (tertiary/aromatic N) is 3. The monoisotopic (exact) mass is 386 g/mol. The standard InChI is InChI=1S/C24H26N4O/c1-16-22-23(18-6-2-4-8-20(18)26-16)28(15-12-17-10-13-25-14-11-17)24(27-22)19-7-3-5-9-21(19)29/h2-9,17,25,29H,10-15H2,1H3. The number of aromatic hydroxyl groups is 1. The summed E-state index contributed by atoms with van der Waals surface area (Å²) in [4.78, 5) is 9.76. The molecule has 0 unspecified atom stereocenters. The Labute approximate surface area is 170 Å². The van der Waals surface area contributed by atoms with Crippen LogP contribution in [0.1, 0.15) is 25.0 Å². The van der Waals surface area contributed by atoms with E-state index >= 15 is 0 Å². The number of aryl methyl sites for hydroxylation is 2. The van der Waals surface area contributed by atoms with Gasteiger partial charge in [-0.2, -0.15) is 0 Å². The number of hydrogen-bond acceptors (Lipinski definition) is 4. The first-order valence-electron chi connectivity index (χ1n) is 10.5. The predicted molar refractivity (Wildman–Crippen MR) is 117 cm³/mol. The molecule has 5 heteroatoms. The van der Waals surface area contributed by atoms with Gasteiger partial charge in [-0.3, -0.25) is 4.98 Å². The van der Waals surface area contributed by atoms with Crippen LogP contribution in [-0.2, 0) is 6.54 Å². The highest BCUT2D eigenvalue weighted by molar-refractivity contribution is 6.04. The predicted octanol–water partition coefficient (Wildman–Crippen LogP) is 4.66. The summed E-state index contributed by atoms with van der Waals surface area (Å²) >= 11 is 0. The number of para-hydroxylation sites is 2. The second kappa shape index (κ2) is 7.48. The highest BCUT2D eigenvalue weighted by atomic mass is 16.3. The minimum Gasteiger partial charge on any atom is -0.507 e. The molecule has 0 aliphatic carbocycles. The van der Waals surface area contributed by atoms with Gasteiger partial charge in [0, 0.05) is 11.9 Å². The van der Waals surface area contributed by atoms with Gasteiger partial charge in [-0.15, -0.1) is 0 Å². The van der Waals surface area contributed by atoms with Gasteiger partial charge in [-0.05, 0) is 63.4 Å². The fourth-order valence-electron chi connectivity index (χ4n) is 4.55. The topological polar surface area (TPSA) is 63.0 Å². The van der Waals surface area contributed by atoms with Crippen LogP contribution in [0.3, 0.4) is 0 Å². The van der Waals surface area contributed by atoms with E-state index in [1.165, 1.54) is 12.8 Å². The molecule has 0 bridgehead atoms. The highest BCUT2D eigenvalue weighted by Crippen LogP contribution is 2.35. The highest BCUT2D eigenvalue weighted by Gasteiger charge is 2.21. The summed E-state index contributed by atoms with van der Waals surface area (Å²) in [6, 6.07) is 15.8. The normalized spacial score (nSPS) is 15.3. The number of imidazole rings is 1. The summed E-state index contributed by atoms with van der Waals surface area (Å²) in [5.41, 5.74) is 4.74. The third-order valence-corrected chi connectivity index (χ3v) is 6.12. The van der Waals surface area contributed by atoms with E-state index in [-0.39, 0.29) is 5.75 Å². The van der Waals surface area contributed by atoms with Crippen molar-refractivity contribution in [3.63, 3.8) is 0 Å². The molecule has 5 nitrogen and oxygen atoms in total. The van der Waals surface area contributed by atoms with Crippen LogP contribution in [0.5, 0.6) is 5.75 Å². The number of pyridine rings is 1. The minimum atomic E-state index is 0.265. The quantitative estimate of drug-likeness (QED) is 0.536. The number of hydrogen-bond donors (Lipinski definition) is 2. The van der Waals surface area contributed by atoms with Gasteiger partial charge in [0.2, 0.25) is 0 Å². The lowest BCUT2D eigenvalue weighted by atomic mass is 9.94. The second-order valence-corrected chi connectivity index (χ2v) is 8.00. The number of piperidine rings is 1. The fraction of sp³-hybridized carbons (Fsp3) is 0.333. The number of fused-ring (bicyclic) bond motifs is 3. The maximum atomic E-state index is 10.5. The van der Waals surface area contributed by atoms with Crippen molar-refractivity contribution < 1.29 is 5.11 Å². The molecule has 29 heavy (non-hydrogen) atoms. The molecule has 3 heterocycles. The molecule has 0 saturated carbocycles. The molecule has 1 aliphatic heterocycles. The van der Waals surface area contributed by atoms with Gasteiger partial charge in [0.05, 0.1) is 22.3 Å². The first-order valence-corrected chi connectivity index (χ1v) is 10.5. The number of rotatable bonds is 4. The molecule has 0 radical (unpaired) electrons. The Morgan fingerprint density at radius 1 is 1.03 bits per heavy atom. The molecule has 1 saturated heterocycles. The van der Waals surface area contributed by atoms with E-state index < -0.39 is 0 Å². The number of phenols is 1. The molecule has 148 valence electrons. The van der Waals surface area contributed by atoms with Crippen molar-refractivity contribution in [1.29, 1.82) is 0 Å². The van der Waals surface area contributed by atoms with Gasteiger partial charge < -0.3 is 15.0 Å². The van der Waals surface area contributed by atoms with Crippen LogP contribution >= 0.6 is 0 Å². The lowest BCUT2D eigenvalue weighted by Crippen LogP contribution is -2.28. The Morgan fingerprint density at radius 3 is 2.62 bits per heavy atom. The Kier molecular flexibility index (Phi) is 4.68. The van der Waals surface area contributed by atoms with Gasteiger partial charge in [0.25, 0.3) is 0 Å². The van der Waals surface area contributed by atoms with Crippen LogP contribution in [0.2, 0.25) is 0 Å². The minimum absolute atomic E-state index is 0.265. The van der Waals surface area contributed by atoms with E-state index in [9.17, 15) is 5.11 Å². The Bertz CT molecular complexity index is 1170. The molecule has 1 aliphatic rings. The zero-order valence-corrected chi connectivity index (χ0v) is 16.7. The largest absolute Gasteiger partial charge is 0.507 e. The number of nitrogens with one attached hydrogen (secondary N) is 1. The first-order chi connectivity index (χ1) is 14.2. The molecule has 0 atom stereocenters. The molecular weight excluding hydrogens is 360 g/mol. The van der Waals surface area contributed by atoms with E-state index in [2.05, 4.69) is 28.1 Å². The van der Waals surface area contributed by atoms with Crippen molar-refractivity contribution in [2.24, 2.45) is 5.92 Å².